The van der Waals surface area contributed by atoms with Crippen LogP contribution < -0.4 is 5.84 Å². The number of amides is 1. The molecule has 0 saturated heterocycles. The zero-order chi connectivity index (χ0) is 16.4. The molecule has 0 aliphatic heterocycles. The molecule has 1 aliphatic rings. The van der Waals surface area contributed by atoms with Crippen molar-refractivity contribution >= 4 is 12.1 Å². The lowest BCUT2D eigenvalue weighted by molar-refractivity contribution is -0.138. The summed E-state index contributed by atoms with van der Waals surface area (Å²) in [4.78, 5) is 22.2. The third kappa shape index (κ3) is 2.89. The van der Waals surface area contributed by atoms with Crippen LogP contribution in [0.5, 0.6) is 0 Å². The number of nitrogens with zero attached hydrogens (tertiary/aromatic N) is 1. The van der Waals surface area contributed by atoms with E-state index in [1.807, 2.05) is 48.5 Å². The summed E-state index contributed by atoms with van der Waals surface area (Å²) in [5, 5.41) is 8.90. The number of hydrogen-bond acceptors (Lipinski definition) is 3. The first-order valence-electron chi connectivity index (χ1n) is 7.13. The Bertz CT molecular complexity index is 714. The highest BCUT2D eigenvalue weighted by Gasteiger charge is 2.29. The second kappa shape index (κ2) is 6.10. The molecular formula is C17H15N2O4. The molecule has 6 nitrogen and oxygen atoms in total. The molecule has 1 radical (unpaired) electrons. The van der Waals surface area contributed by atoms with Gasteiger partial charge >= 0.3 is 12.1 Å². The highest BCUT2D eigenvalue weighted by atomic mass is 16.6. The van der Waals surface area contributed by atoms with Crippen LogP contribution in [0, 0.1) is 0 Å². The van der Waals surface area contributed by atoms with E-state index in [0.29, 0.717) is 5.01 Å². The van der Waals surface area contributed by atoms with Crippen molar-refractivity contribution in [1.29, 1.82) is 0 Å². The molecule has 0 heterocycles. The highest BCUT2D eigenvalue weighted by Crippen LogP contribution is 2.44. The van der Waals surface area contributed by atoms with Crippen molar-refractivity contribution < 1.29 is 19.4 Å². The van der Waals surface area contributed by atoms with Gasteiger partial charge in [0.2, 0.25) is 0 Å². The van der Waals surface area contributed by atoms with Crippen molar-refractivity contribution in [3.8, 4) is 11.1 Å². The number of nitrogens with one attached hydrogen (secondary N) is 1. The summed E-state index contributed by atoms with van der Waals surface area (Å²) in [5.41, 5.74) is 4.35. The number of hydrogen-bond donors (Lipinski definition) is 1. The Hall–Kier alpha value is -2.86. The summed E-state index contributed by atoms with van der Waals surface area (Å²) in [5.74, 6) is 5.99. The van der Waals surface area contributed by atoms with E-state index in [9.17, 15) is 9.59 Å². The molecule has 0 unspecified atom stereocenters. The van der Waals surface area contributed by atoms with Crippen molar-refractivity contribution in [2.45, 2.75) is 5.92 Å². The SMILES string of the molecule is [NH]N(CC(=O)O)C(=O)OCC1c2ccccc2-c2ccccc21. The van der Waals surface area contributed by atoms with Crippen molar-refractivity contribution in [2.24, 2.45) is 0 Å². The number of benzene rings is 2. The molecule has 0 fully saturated rings. The maximum atomic E-state index is 11.7. The summed E-state index contributed by atoms with van der Waals surface area (Å²) in [6, 6.07) is 15.8. The van der Waals surface area contributed by atoms with Gasteiger partial charge in [-0.05, 0) is 22.3 Å². The zero-order valence-electron chi connectivity index (χ0n) is 12.2. The smallest absolute Gasteiger partial charge is 0.425 e. The molecule has 23 heavy (non-hydrogen) atoms. The van der Waals surface area contributed by atoms with Gasteiger partial charge in [-0.3, -0.25) is 4.79 Å². The average Bonchev–Trinajstić information content (AvgIpc) is 2.86. The quantitative estimate of drug-likeness (QED) is 0.878. The van der Waals surface area contributed by atoms with Gasteiger partial charge in [0.05, 0.1) is 0 Å². The summed E-state index contributed by atoms with van der Waals surface area (Å²) >= 11 is 0. The van der Waals surface area contributed by atoms with E-state index in [2.05, 4.69) is 0 Å². The number of rotatable bonds is 4. The number of carboxylic acids is 1. The summed E-state index contributed by atoms with van der Waals surface area (Å²) in [6.07, 6.45) is -0.964. The van der Waals surface area contributed by atoms with E-state index < -0.39 is 18.6 Å². The van der Waals surface area contributed by atoms with Crippen LogP contribution in [0.1, 0.15) is 17.0 Å². The molecule has 6 heteroatoms. The first kappa shape index (κ1) is 15.1. The Morgan fingerprint density at radius 1 is 1.04 bits per heavy atom. The number of aliphatic carboxylic acids is 1. The number of carbonyl (C=O) groups excluding carboxylic acids is 1. The number of carboxylic acid groups (broad SMARTS) is 1. The van der Waals surface area contributed by atoms with Gasteiger partial charge in [-0.2, -0.15) is 0 Å². The minimum Gasteiger partial charge on any atom is -0.480 e. The normalized spacial score (nSPS) is 12.4. The Morgan fingerprint density at radius 2 is 1.57 bits per heavy atom. The molecule has 0 aromatic heterocycles. The molecule has 1 aliphatic carbocycles. The lowest BCUT2D eigenvalue weighted by Crippen LogP contribution is -2.35. The van der Waals surface area contributed by atoms with Crippen LogP contribution in [-0.2, 0) is 9.53 Å². The van der Waals surface area contributed by atoms with Gasteiger partial charge in [0, 0.05) is 5.92 Å². The number of ether oxygens (including phenoxy) is 1. The van der Waals surface area contributed by atoms with Gasteiger partial charge in [0.25, 0.3) is 0 Å². The van der Waals surface area contributed by atoms with Gasteiger partial charge in [-0.25, -0.2) is 9.80 Å². The van der Waals surface area contributed by atoms with Crippen LogP contribution >= 0.6 is 0 Å². The van der Waals surface area contributed by atoms with Crippen LogP contribution in [0.25, 0.3) is 11.1 Å². The molecule has 3 rings (SSSR count). The van der Waals surface area contributed by atoms with Gasteiger partial charge in [0.1, 0.15) is 13.2 Å². The van der Waals surface area contributed by atoms with E-state index in [0.717, 1.165) is 22.3 Å². The molecule has 0 spiro atoms. The van der Waals surface area contributed by atoms with E-state index in [1.54, 1.807) is 0 Å². The Balaban J connectivity index is 1.78. The fourth-order valence-corrected chi connectivity index (χ4v) is 2.87. The predicted octanol–water partition coefficient (Wildman–Crippen LogP) is 2.52. The fourth-order valence-electron chi connectivity index (χ4n) is 2.87. The average molecular weight is 311 g/mol. The molecule has 2 N–H and O–H groups in total. The third-order valence-corrected chi connectivity index (χ3v) is 3.85. The maximum Gasteiger partial charge on any atom is 0.425 e. The Kier molecular flexibility index (Phi) is 3.99. The lowest BCUT2D eigenvalue weighted by atomic mass is 9.98. The molecule has 0 saturated carbocycles. The minimum absolute atomic E-state index is 0.0713. The van der Waals surface area contributed by atoms with Gasteiger partial charge < -0.3 is 9.84 Å². The van der Waals surface area contributed by atoms with Crippen molar-refractivity contribution in [3.63, 3.8) is 0 Å². The topological polar surface area (TPSA) is 90.6 Å². The number of carbonyl (C=O) groups is 2. The van der Waals surface area contributed by atoms with Gasteiger partial charge in [-0.1, -0.05) is 48.5 Å². The van der Waals surface area contributed by atoms with Gasteiger partial charge in [0.15, 0.2) is 0 Å². The molecule has 1 amide bonds. The van der Waals surface area contributed by atoms with Crippen LogP contribution in [0.15, 0.2) is 48.5 Å². The first-order chi connectivity index (χ1) is 11.1. The van der Waals surface area contributed by atoms with E-state index in [1.165, 1.54) is 0 Å². The van der Waals surface area contributed by atoms with E-state index >= 15 is 0 Å². The lowest BCUT2D eigenvalue weighted by Gasteiger charge is -2.17. The minimum atomic E-state index is -1.26. The predicted molar refractivity (Wildman–Crippen MR) is 82.5 cm³/mol. The first-order valence-corrected chi connectivity index (χ1v) is 7.13. The second-order valence-corrected chi connectivity index (χ2v) is 5.28. The molecule has 117 valence electrons. The van der Waals surface area contributed by atoms with Crippen molar-refractivity contribution in [2.75, 3.05) is 13.2 Å². The monoisotopic (exact) mass is 311 g/mol. The molecule has 0 atom stereocenters. The zero-order valence-corrected chi connectivity index (χ0v) is 12.2. The van der Waals surface area contributed by atoms with Crippen LogP contribution in [0.3, 0.4) is 0 Å². The van der Waals surface area contributed by atoms with Gasteiger partial charge in [-0.15, -0.1) is 5.84 Å². The maximum absolute atomic E-state index is 11.7. The van der Waals surface area contributed by atoms with Crippen molar-refractivity contribution in [1.82, 2.24) is 10.9 Å². The Morgan fingerprint density at radius 3 is 2.09 bits per heavy atom. The van der Waals surface area contributed by atoms with Crippen LogP contribution in [-0.4, -0.2) is 35.3 Å². The molecule has 2 aromatic carbocycles. The standard InChI is InChI=1S/C17H15N2O4/c18-19(9-16(20)21)17(22)23-10-15-13-7-3-1-5-11(13)12-6-2-4-8-14(12)15/h1-8,15,18H,9-10H2,(H,20,21). The number of fused-ring (bicyclic) bond motifs is 3. The summed E-state index contributed by atoms with van der Waals surface area (Å²) in [6.45, 7) is -0.640. The fraction of sp³-hybridized carbons (Fsp3) is 0.176. The largest absolute Gasteiger partial charge is 0.480 e. The Labute approximate surface area is 133 Å². The third-order valence-electron chi connectivity index (χ3n) is 3.85. The van der Waals surface area contributed by atoms with E-state index in [4.69, 9.17) is 15.7 Å². The van der Waals surface area contributed by atoms with E-state index in [-0.39, 0.29) is 12.5 Å². The molecular weight excluding hydrogens is 296 g/mol. The van der Waals surface area contributed by atoms with Crippen LogP contribution in [0.2, 0.25) is 0 Å². The van der Waals surface area contributed by atoms with Crippen molar-refractivity contribution in [3.05, 3.63) is 59.7 Å². The second-order valence-electron chi connectivity index (χ2n) is 5.28. The van der Waals surface area contributed by atoms with Crippen LogP contribution in [0.4, 0.5) is 4.79 Å². The molecule has 2 aromatic rings. The summed E-state index contributed by atoms with van der Waals surface area (Å²) in [7, 11) is 0. The highest BCUT2D eigenvalue weighted by molar-refractivity contribution is 5.79. The summed E-state index contributed by atoms with van der Waals surface area (Å²) < 4.78 is 5.14. The molecule has 0 bridgehead atoms.